The molecule has 7 heteroatoms. The van der Waals surface area contributed by atoms with Crippen LogP contribution in [0.5, 0.6) is 0 Å². The van der Waals surface area contributed by atoms with Gasteiger partial charge in [0.05, 0.1) is 10.9 Å². The molecular weight excluding hydrogens is 335 g/mol. The number of nitrogens with zero attached hydrogens (tertiary/aromatic N) is 2. The van der Waals surface area contributed by atoms with Crippen molar-refractivity contribution in [1.82, 2.24) is 19.9 Å². The molecule has 0 saturated heterocycles. The number of nitrogens with one attached hydrogen (secondary N) is 2. The third-order valence-corrected chi connectivity index (χ3v) is 4.77. The van der Waals surface area contributed by atoms with Crippen molar-refractivity contribution in [3.8, 4) is 0 Å². The van der Waals surface area contributed by atoms with Crippen LogP contribution in [0.4, 0.5) is 4.39 Å². The third kappa shape index (κ3) is 2.98. The molecule has 0 atom stereocenters. The van der Waals surface area contributed by atoms with E-state index in [-0.39, 0.29) is 10.9 Å². The number of H-pyrrole nitrogens is 1. The molecule has 1 aromatic carbocycles. The van der Waals surface area contributed by atoms with E-state index in [0.717, 1.165) is 37.9 Å². The normalized spacial score (nSPS) is 11.4. The van der Waals surface area contributed by atoms with Gasteiger partial charge in [-0.2, -0.15) is 0 Å². The Morgan fingerprint density at radius 3 is 2.81 bits per heavy atom. The molecule has 0 fully saturated rings. The summed E-state index contributed by atoms with van der Waals surface area (Å²) in [7, 11) is 3.23. The first kappa shape index (κ1) is 18.1. The second kappa shape index (κ2) is 7.27. The molecule has 0 bridgehead atoms. The summed E-state index contributed by atoms with van der Waals surface area (Å²) in [5.74, 6) is -0.230. The molecule has 0 unspecified atom stereocenters. The number of carbonyl (C=O) groups excluding carboxylic acids is 1. The number of fused-ring (bicyclic) bond motifs is 3. The van der Waals surface area contributed by atoms with E-state index >= 15 is 0 Å². The van der Waals surface area contributed by atoms with Crippen LogP contribution in [0, 0.1) is 5.82 Å². The molecule has 138 valence electrons. The molecule has 2 aromatic heterocycles. The number of amides is 1. The molecule has 1 amide bonds. The van der Waals surface area contributed by atoms with Gasteiger partial charge in [0.25, 0.3) is 5.91 Å². The molecule has 6 nitrogen and oxygen atoms in total. The molecular formula is C19H23FN4O2. The summed E-state index contributed by atoms with van der Waals surface area (Å²) in [6.45, 7) is 2.15. The van der Waals surface area contributed by atoms with Gasteiger partial charge in [-0.25, -0.2) is 9.37 Å². The van der Waals surface area contributed by atoms with Crippen LogP contribution in [0.15, 0.2) is 17.1 Å². The lowest BCUT2D eigenvalue weighted by atomic mass is 10.1. The quantitative estimate of drug-likeness (QED) is 0.665. The van der Waals surface area contributed by atoms with Crippen LogP contribution in [0.3, 0.4) is 0 Å². The van der Waals surface area contributed by atoms with Crippen molar-refractivity contribution in [2.24, 2.45) is 7.05 Å². The maximum Gasteiger partial charge on any atom is 0.256 e. The van der Waals surface area contributed by atoms with E-state index in [0.29, 0.717) is 16.6 Å². The second-order valence-corrected chi connectivity index (χ2v) is 6.49. The maximum absolute atomic E-state index is 14.7. The number of aryl methyl sites for hydroxylation is 2. The lowest BCUT2D eigenvalue weighted by Crippen LogP contribution is -2.25. The Balaban J connectivity index is 2.15. The monoisotopic (exact) mass is 358 g/mol. The Labute approximate surface area is 150 Å². The maximum atomic E-state index is 14.7. The molecule has 0 aliphatic rings. The van der Waals surface area contributed by atoms with Gasteiger partial charge in [0, 0.05) is 26.7 Å². The van der Waals surface area contributed by atoms with Crippen molar-refractivity contribution in [1.29, 1.82) is 0 Å². The standard InChI is InChI=1S/C19H23FN4O2/c1-4-5-6-7-8-14-23-16-15-11(9-13(20)17(16)24(14)3)18(25)12(10-22-15)19(26)21-2/h9-10H,4-8H2,1-3H3,(H,21,26)(H,22,25). The van der Waals surface area contributed by atoms with Gasteiger partial charge >= 0.3 is 0 Å². The molecule has 2 heterocycles. The van der Waals surface area contributed by atoms with E-state index in [2.05, 4.69) is 22.2 Å². The Morgan fingerprint density at radius 2 is 2.12 bits per heavy atom. The fraction of sp³-hybridized carbons (Fsp3) is 0.421. The number of aromatic nitrogens is 3. The van der Waals surface area contributed by atoms with Gasteiger partial charge in [-0.1, -0.05) is 26.2 Å². The summed E-state index contributed by atoms with van der Waals surface area (Å²) in [5, 5.41) is 2.54. The van der Waals surface area contributed by atoms with Crippen LogP contribution in [0.2, 0.25) is 0 Å². The van der Waals surface area contributed by atoms with E-state index in [9.17, 15) is 14.0 Å². The number of halogens is 1. The average Bonchev–Trinajstić information content (AvgIpc) is 2.96. The van der Waals surface area contributed by atoms with Crippen molar-refractivity contribution in [2.45, 2.75) is 39.0 Å². The summed E-state index contributed by atoms with van der Waals surface area (Å²) >= 11 is 0. The zero-order valence-corrected chi connectivity index (χ0v) is 15.3. The number of carbonyl (C=O) groups is 1. The number of hydrogen-bond acceptors (Lipinski definition) is 3. The summed E-state index contributed by atoms with van der Waals surface area (Å²) in [6.07, 6.45) is 6.52. The average molecular weight is 358 g/mol. The fourth-order valence-electron chi connectivity index (χ4n) is 3.30. The molecule has 0 aliphatic heterocycles. The molecule has 26 heavy (non-hydrogen) atoms. The number of pyridine rings is 1. The van der Waals surface area contributed by atoms with E-state index in [1.165, 1.54) is 19.3 Å². The Bertz CT molecular complexity index is 1040. The fourth-order valence-corrected chi connectivity index (χ4v) is 3.30. The minimum absolute atomic E-state index is 0.0468. The molecule has 2 N–H and O–H groups in total. The Morgan fingerprint density at radius 1 is 1.35 bits per heavy atom. The third-order valence-electron chi connectivity index (χ3n) is 4.77. The van der Waals surface area contributed by atoms with Crippen molar-refractivity contribution < 1.29 is 9.18 Å². The number of unbranched alkanes of at least 4 members (excludes halogenated alkanes) is 3. The SMILES string of the molecule is CCCCCCc1nc2c3[nH]cc(C(=O)NC)c(=O)c3cc(F)c2n1C. The predicted octanol–water partition coefficient (Wildman–Crippen LogP) is 3.04. The lowest BCUT2D eigenvalue weighted by molar-refractivity contribution is 0.0962. The van der Waals surface area contributed by atoms with Crippen LogP contribution in [-0.4, -0.2) is 27.5 Å². The minimum atomic E-state index is -0.512. The van der Waals surface area contributed by atoms with Crippen LogP contribution in [-0.2, 0) is 13.5 Å². The second-order valence-electron chi connectivity index (χ2n) is 6.49. The number of rotatable bonds is 6. The van der Waals surface area contributed by atoms with Crippen molar-refractivity contribution >= 4 is 27.8 Å². The minimum Gasteiger partial charge on any atom is -0.358 e. The van der Waals surface area contributed by atoms with Gasteiger partial charge in [0.1, 0.15) is 28.2 Å². The summed E-state index contributed by atoms with van der Waals surface area (Å²) in [6, 6.07) is 1.19. The first-order chi connectivity index (χ1) is 12.5. The lowest BCUT2D eigenvalue weighted by Gasteiger charge is -2.05. The highest BCUT2D eigenvalue weighted by atomic mass is 19.1. The van der Waals surface area contributed by atoms with Crippen LogP contribution in [0.25, 0.3) is 21.9 Å². The van der Waals surface area contributed by atoms with Crippen LogP contribution in [0.1, 0.15) is 48.8 Å². The molecule has 3 aromatic rings. The number of imidazole rings is 1. The Hall–Kier alpha value is -2.70. The van der Waals surface area contributed by atoms with Gasteiger partial charge in [-0.15, -0.1) is 0 Å². The van der Waals surface area contributed by atoms with Crippen LogP contribution < -0.4 is 10.7 Å². The highest BCUT2D eigenvalue weighted by Gasteiger charge is 2.19. The van der Waals surface area contributed by atoms with E-state index in [4.69, 9.17) is 0 Å². The zero-order chi connectivity index (χ0) is 18.8. The largest absolute Gasteiger partial charge is 0.358 e. The molecule has 0 radical (unpaired) electrons. The number of aromatic amines is 1. The highest BCUT2D eigenvalue weighted by molar-refractivity contribution is 6.05. The topological polar surface area (TPSA) is 79.8 Å². The summed E-state index contributed by atoms with van der Waals surface area (Å²) < 4.78 is 16.5. The van der Waals surface area contributed by atoms with Gasteiger partial charge < -0.3 is 14.9 Å². The number of hydrogen-bond donors (Lipinski definition) is 2. The van der Waals surface area contributed by atoms with E-state index in [1.807, 2.05) is 0 Å². The van der Waals surface area contributed by atoms with Gasteiger partial charge in [0.15, 0.2) is 0 Å². The van der Waals surface area contributed by atoms with E-state index < -0.39 is 17.2 Å². The van der Waals surface area contributed by atoms with Crippen LogP contribution >= 0.6 is 0 Å². The molecule has 3 rings (SSSR count). The first-order valence-electron chi connectivity index (χ1n) is 8.90. The van der Waals surface area contributed by atoms with Crippen molar-refractivity contribution in [3.05, 3.63) is 39.7 Å². The van der Waals surface area contributed by atoms with Gasteiger partial charge in [0.2, 0.25) is 5.43 Å². The molecule has 0 spiro atoms. The zero-order valence-electron chi connectivity index (χ0n) is 15.3. The summed E-state index contributed by atoms with van der Waals surface area (Å²) in [5.41, 5.74) is 0.692. The smallest absolute Gasteiger partial charge is 0.256 e. The molecule has 0 aliphatic carbocycles. The highest BCUT2D eigenvalue weighted by Crippen LogP contribution is 2.26. The van der Waals surface area contributed by atoms with Crippen molar-refractivity contribution in [3.63, 3.8) is 0 Å². The first-order valence-corrected chi connectivity index (χ1v) is 8.90. The van der Waals surface area contributed by atoms with Crippen molar-refractivity contribution in [2.75, 3.05) is 7.05 Å². The predicted molar refractivity (Wildman–Crippen MR) is 100 cm³/mol. The van der Waals surface area contributed by atoms with Gasteiger partial charge in [-0.05, 0) is 12.5 Å². The number of benzene rings is 1. The van der Waals surface area contributed by atoms with Gasteiger partial charge in [-0.3, -0.25) is 9.59 Å². The Kier molecular flexibility index (Phi) is 5.06. The summed E-state index contributed by atoms with van der Waals surface area (Å²) in [4.78, 5) is 31.9. The molecule has 0 saturated carbocycles. The van der Waals surface area contributed by atoms with E-state index in [1.54, 1.807) is 11.6 Å².